The first kappa shape index (κ1) is 33.2. The van der Waals surface area contributed by atoms with E-state index in [-0.39, 0.29) is 0 Å². The third-order valence-electron chi connectivity index (χ3n) is 11.1. The molecule has 268 valence electrons. The summed E-state index contributed by atoms with van der Waals surface area (Å²) in [6.45, 7) is 0. The Morgan fingerprint density at radius 2 is 0.860 bits per heavy atom. The Morgan fingerprint density at radius 3 is 1.53 bits per heavy atom. The highest BCUT2D eigenvalue weighted by Crippen LogP contribution is 2.44. The zero-order chi connectivity index (χ0) is 37.7. The minimum atomic E-state index is 0.895. The number of benzene rings is 9. The van der Waals surface area contributed by atoms with E-state index in [2.05, 4.69) is 211 Å². The van der Waals surface area contributed by atoms with Gasteiger partial charge in [-0.05, 0) is 87.5 Å². The third-order valence-corrected chi connectivity index (χ3v) is 12.3. The molecule has 2 aromatic heterocycles. The maximum absolute atomic E-state index is 6.49. The standard InChI is InChI=1S/C54H35NOS/c1-4-12-36(13-5-1)37-22-27-42(28-23-37)55(44-31-32-47-49-21-11-19-46(40-16-8-3-9-17-40)54(49)57-52(47)35-44)43-29-24-38(25-30-43)41-26-33-51-50(34-41)48-20-10-18-45(53(48)56-51)39-14-6-2-7-15-39/h1-35H. The van der Waals surface area contributed by atoms with Crippen LogP contribution in [0.2, 0.25) is 0 Å². The first-order valence-electron chi connectivity index (χ1n) is 19.3. The quantitative estimate of drug-likeness (QED) is 0.162. The van der Waals surface area contributed by atoms with Crippen molar-refractivity contribution in [1.29, 1.82) is 0 Å². The second kappa shape index (κ2) is 13.8. The minimum Gasteiger partial charge on any atom is -0.455 e. The molecule has 0 amide bonds. The van der Waals surface area contributed by atoms with Gasteiger partial charge in [0.25, 0.3) is 0 Å². The van der Waals surface area contributed by atoms with E-state index in [4.69, 9.17) is 4.42 Å². The molecule has 0 saturated carbocycles. The van der Waals surface area contributed by atoms with Crippen LogP contribution < -0.4 is 4.90 Å². The summed E-state index contributed by atoms with van der Waals surface area (Å²) in [5.74, 6) is 0. The van der Waals surface area contributed by atoms with Crippen LogP contribution in [0.25, 0.3) is 86.6 Å². The van der Waals surface area contributed by atoms with Gasteiger partial charge < -0.3 is 9.32 Å². The Bertz CT molecular complexity index is 3200. The Labute approximate surface area is 335 Å². The molecule has 0 N–H and O–H groups in total. The number of fused-ring (bicyclic) bond motifs is 6. The van der Waals surface area contributed by atoms with Crippen molar-refractivity contribution in [2.75, 3.05) is 4.90 Å². The molecular formula is C54H35NOS. The van der Waals surface area contributed by atoms with Crippen LogP contribution in [0, 0.1) is 0 Å². The van der Waals surface area contributed by atoms with E-state index < -0.39 is 0 Å². The number of thiophene rings is 1. The van der Waals surface area contributed by atoms with Crippen LogP contribution in [0.3, 0.4) is 0 Å². The van der Waals surface area contributed by atoms with E-state index in [1.54, 1.807) is 0 Å². The summed E-state index contributed by atoms with van der Waals surface area (Å²) in [5, 5.41) is 4.83. The van der Waals surface area contributed by atoms with E-state index in [1.807, 2.05) is 17.4 Å². The maximum atomic E-state index is 6.49. The van der Waals surface area contributed by atoms with Gasteiger partial charge in [-0.15, -0.1) is 11.3 Å². The monoisotopic (exact) mass is 745 g/mol. The zero-order valence-corrected chi connectivity index (χ0v) is 31.8. The Kier molecular flexibility index (Phi) is 8.04. The summed E-state index contributed by atoms with van der Waals surface area (Å²) in [4.78, 5) is 2.37. The van der Waals surface area contributed by atoms with Gasteiger partial charge in [0.2, 0.25) is 0 Å². The predicted octanol–water partition coefficient (Wildman–Crippen LogP) is 16.1. The van der Waals surface area contributed by atoms with Gasteiger partial charge in [0.1, 0.15) is 11.2 Å². The molecule has 0 aliphatic rings. The molecule has 3 heteroatoms. The van der Waals surface area contributed by atoms with E-state index >= 15 is 0 Å². The SMILES string of the molecule is c1ccc(-c2ccc(N(c3ccc(-c4ccc5oc6c(-c7ccccc7)cccc6c5c4)cc3)c3ccc4c(c3)sc3c(-c5ccccc5)cccc34)cc2)cc1. The minimum absolute atomic E-state index is 0.895. The molecule has 2 nitrogen and oxygen atoms in total. The van der Waals surface area contributed by atoms with Crippen LogP contribution in [0.1, 0.15) is 0 Å². The molecule has 11 rings (SSSR count). The largest absolute Gasteiger partial charge is 0.455 e. The molecular weight excluding hydrogens is 711 g/mol. The smallest absolute Gasteiger partial charge is 0.143 e. The first-order valence-corrected chi connectivity index (χ1v) is 20.1. The number of hydrogen-bond acceptors (Lipinski definition) is 3. The van der Waals surface area contributed by atoms with Crippen molar-refractivity contribution in [1.82, 2.24) is 0 Å². The average Bonchev–Trinajstić information content (AvgIpc) is 3.86. The third kappa shape index (κ3) is 5.88. The average molecular weight is 746 g/mol. The van der Waals surface area contributed by atoms with Crippen molar-refractivity contribution in [3.05, 3.63) is 212 Å². The van der Waals surface area contributed by atoms with Crippen LogP contribution >= 0.6 is 11.3 Å². The highest BCUT2D eigenvalue weighted by atomic mass is 32.1. The zero-order valence-electron chi connectivity index (χ0n) is 31.0. The molecule has 9 aromatic carbocycles. The Balaban J connectivity index is 1.00. The van der Waals surface area contributed by atoms with E-state index in [0.29, 0.717) is 0 Å². The van der Waals surface area contributed by atoms with Crippen LogP contribution in [0.15, 0.2) is 217 Å². The van der Waals surface area contributed by atoms with Gasteiger partial charge in [-0.25, -0.2) is 0 Å². The summed E-state index contributed by atoms with van der Waals surface area (Å²) < 4.78 is 9.07. The van der Waals surface area contributed by atoms with Crippen LogP contribution in [0.5, 0.6) is 0 Å². The number of rotatable bonds is 7. The van der Waals surface area contributed by atoms with Crippen LogP contribution in [-0.2, 0) is 0 Å². The second-order valence-electron chi connectivity index (χ2n) is 14.5. The Hall–Kier alpha value is -7.20. The first-order chi connectivity index (χ1) is 28.2. The fourth-order valence-electron chi connectivity index (χ4n) is 8.28. The van der Waals surface area contributed by atoms with Gasteiger partial charge in [0, 0.05) is 53.6 Å². The van der Waals surface area contributed by atoms with Gasteiger partial charge in [0.05, 0.1) is 0 Å². The molecule has 0 fully saturated rings. The summed E-state index contributed by atoms with van der Waals surface area (Å²) in [5.41, 5.74) is 14.6. The molecule has 11 aromatic rings. The number of nitrogens with zero attached hydrogens (tertiary/aromatic N) is 1. The molecule has 0 bridgehead atoms. The van der Waals surface area contributed by atoms with Gasteiger partial charge in [-0.2, -0.15) is 0 Å². The van der Waals surface area contributed by atoms with Crippen molar-refractivity contribution in [3.8, 4) is 44.5 Å². The van der Waals surface area contributed by atoms with E-state index in [0.717, 1.165) is 61.3 Å². The summed E-state index contributed by atoms with van der Waals surface area (Å²) in [7, 11) is 0. The molecule has 0 aliphatic heterocycles. The van der Waals surface area contributed by atoms with Gasteiger partial charge >= 0.3 is 0 Å². The fourth-order valence-corrected chi connectivity index (χ4v) is 9.55. The van der Waals surface area contributed by atoms with E-state index in [9.17, 15) is 0 Å². The number of furan rings is 1. The molecule has 0 radical (unpaired) electrons. The lowest BCUT2D eigenvalue weighted by molar-refractivity contribution is 0.670. The molecule has 0 saturated heterocycles. The van der Waals surface area contributed by atoms with E-state index in [1.165, 1.54) is 42.4 Å². The van der Waals surface area contributed by atoms with Crippen molar-refractivity contribution < 1.29 is 4.42 Å². The van der Waals surface area contributed by atoms with Crippen LogP contribution in [-0.4, -0.2) is 0 Å². The normalized spacial score (nSPS) is 11.5. The van der Waals surface area contributed by atoms with Gasteiger partial charge in [-0.3, -0.25) is 0 Å². The predicted molar refractivity (Wildman–Crippen MR) is 243 cm³/mol. The number of hydrogen-bond donors (Lipinski definition) is 0. The molecule has 0 spiro atoms. The van der Waals surface area contributed by atoms with Crippen LogP contribution in [0.4, 0.5) is 17.1 Å². The summed E-state index contributed by atoms with van der Waals surface area (Å²) in [6, 6.07) is 76.2. The van der Waals surface area contributed by atoms with Crippen molar-refractivity contribution >= 4 is 70.5 Å². The van der Waals surface area contributed by atoms with Crippen molar-refractivity contribution in [2.24, 2.45) is 0 Å². The van der Waals surface area contributed by atoms with Gasteiger partial charge in [0.15, 0.2) is 0 Å². The molecule has 0 aliphatic carbocycles. The molecule has 57 heavy (non-hydrogen) atoms. The lowest BCUT2D eigenvalue weighted by atomic mass is 10.00. The maximum Gasteiger partial charge on any atom is 0.143 e. The Morgan fingerprint density at radius 1 is 0.333 bits per heavy atom. The summed E-state index contributed by atoms with van der Waals surface area (Å²) in [6.07, 6.45) is 0. The van der Waals surface area contributed by atoms with Crippen molar-refractivity contribution in [2.45, 2.75) is 0 Å². The fraction of sp³-hybridized carbons (Fsp3) is 0. The second-order valence-corrected chi connectivity index (χ2v) is 15.5. The topological polar surface area (TPSA) is 16.4 Å². The van der Waals surface area contributed by atoms with Gasteiger partial charge in [-0.1, -0.05) is 164 Å². The lowest BCUT2D eigenvalue weighted by Crippen LogP contribution is -2.09. The summed E-state index contributed by atoms with van der Waals surface area (Å²) >= 11 is 1.87. The molecule has 2 heterocycles. The number of para-hydroxylation sites is 1. The molecule has 0 unspecified atom stereocenters. The van der Waals surface area contributed by atoms with Crippen molar-refractivity contribution in [3.63, 3.8) is 0 Å². The lowest BCUT2D eigenvalue weighted by Gasteiger charge is -2.26. The highest BCUT2D eigenvalue weighted by molar-refractivity contribution is 7.26. The highest BCUT2D eigenvalue weighted by Gasteiger charge is 2.18. The number of anilines is 3. The molecule has 0 atom stereocenters.